The largest absolute Gasteiger partial charge is 0.393 e. The molecule has 4 fully saturated rings. The molecule has 1 nitrogen and oxygen atoms in total. The van der Waals surface area contributed by atoms with Crippen molar-refractivity contribution < 1.29 is 13.9 Å². The van der Waals surface area contributed by atoms with E-state index in [9.17, 15) is 13.9 Å². The Morgan fingerprint density at radius 3 is 2.38 bits per heavy atom. The van der Waals surface area contributed by atoms with Gasteiger partial charge in [-0.1, -0.05) is 6.92 Å². The number of rotatable bonds is 2. The van der Waals surface area contributed by atoms with Crippen molar-refractivity contribution in [3.63, 3.8) is 0 Å². The fraction of sp³-hybridized carbons (Fsp3) is 1.00. The van der Waals surface area contributed by atoms with Gasteiger partial charge in [0.15, 0.2) is 0 Å². The highest BCUT2D eigenvalue weighted by molar-refractivity contribution is 5.06. The number of aliphatic hydroxyl groups excluding tert-OH is 1. The van der Waals surface area contributed by atoms with Crippen molar-refractivity contribution in [2.45, 2.75) is 84.2 Å². The summed E-state index contributed by atoms with van der Waals surface area (Å²) in [5.74, 6) is 3.78. The van der Waals surface area contributed by atoms with Crippen molar-refractivity contribution in [1.29, 1.82) is 0 Å². The van der Waals surface area contributed by atoms with E-state index in [-0.39, 0.29) is 12.0 Å². The number of alkyl halides is 2. The molecule has 0 radical (unpaired) electrons. The summed E-state index contributed by atoms with van der Waals surface area (Å²) >= 11 is 0. The second kappa shape index (κ2) is 6.21. The first kappa shape index (κ1) is 17.2. The Labute approximate surface area is 145 Å². The van der Waals surface area contributed by atoms with Crippen LogP contribution in [0, 0.1) is 46.8 Å². The van der Waals surface area contributed by atoms with E-state index in [1.54, 1.807) is 0 Å². The highest BCUT2D eigenvalue weighted by Gasteiger charge is 2.57. The molecule has 4 saturated carbocycles. The van der Waals surface area contributed by atoms with Crippen LogP contribution in [0.5, 0.6) is 0 Å². The van der Waals surface area contributed by atoms with Gasteiger partial charge >= 0.3 is 0 Å². The Morgan fingerprint density at radius 1 is 0.917 bits per heavy atom. The summed E-state index contributed by atoms with van der Waals surface area (Å²) < 4.78 is 26.3. The van der Waals surface area contributed by atoms with Gasteiger partial charge in [0, 0.05) is 5.92 Å². The molecule has 0 aliphatic heterocycles. The van der Waals surface area contributed by atoms with E-state index < -0.39 is 6.43 Å². The SMILES string of the molecule is CC(O)C1CCC2C3CCC4CC(C(F)F)CCC4C3CCC12C. The van der Waals surface area contributed by atoms with Crippen molar-refractivity contribution in [2.24, 2.45) is 46.8 Å². The minimum absolute atomic E-state index is 0.186. The van der Waals surface area contributed by atoms with Crippen LogP contribution in [-0.2, 0) is 0 Å². The molecule has 3 heteroatoms. The van der Waals surface area contributed by atoms with Crippen LogP contribution in [0.1, 0.15) is 71.6 Å². The Hall–Kier alpha value is -0.180. The van der Waals surface area contributed by atoms with Gasteiger partial charge in [-0.25, -0.2) is 8.78 Å². The molecule has 4 rings (SSSR count). The molecule has 0 spiro atoms. The monoisotopic (exact) mass is 340 g/mol. The van der Waals surface area contributed by atoms with Crippen LogP contribution >= 0.6 is 0 Å². The van der Waals surface area contributed by atoms with Gasteiger partial charge in [-0.05, 0) is 106 Å². The van der Waals surface area contributed by atoms with E-state index in [0.29, 0.717) is 23.2 Å². The third kappa shape index (κ3) is 2.56. The molecule has 1 N–H and O–H groups in total. The maximum Gasteiger partial charge on any atom is 0.241 e. The minimum atomic E-state index is -2.11. The van der Waals surface area contributed by atoms with Gasteiger partial charge in [0.25, 0.3) is 0 Å². The normalized spacial score (nSPS) is 52.5. The van der Waals surface area contributed by atoms with Crippen molar-refractivity contribution in [1.82, 2.24) is 0 Å². The molecule has 4 aliphatic carbocycles. The quantitative estimate of drug-likeness (QED) is 0.702. The molecular formula is C21H34F2O. The predicted molar refractivity (Wildman–Crippen MR) is 91.8 cm³/mol. The maximum absolute atomic E-state index is 13.1. The van der Waals surface area contributed by atoms with Gasteiger partial charge in [-0.3, -0.25) is 0 Å². The van der Waals surface area contributed by atoms with Crippen LogP contribution < -0.4 is 0 Å². The van der Waals surface area contributed by atoms with E-state index in [1.807, 2.05) is 6.92 Å². The zero-order chi connectivity index (χ0) is 17.1. The van der Waals surface area contributed by atoms with E-state index in [4.69, 9.17) is 0 Å². The molecule has 0 saturated heterocycles. The fourth-order valence-corrected chi connectivity index (χ4v) is 7.95. The van der Waals surface area contributed by atoms with E-state index in [1.165, 1.54) is 38.5 Å². The van der Waals surface area contributed by atoms with Crippen molar-refractivity contribution in [3.8, 4) is 0 Å². The second-order valence-corrected chi connectivity index (χ2v) is 9.81. The summed E-state index contributed by atoms with van der Waals surface area (Å²) in [5.41, 5.74) is 0.322. The van der Waals surface area contributed by atoms with E-state index in [2.05, 4.69) is 6.92 Å². The lowest BCUT2D eigenvalue weighted by Crippen LogP contribution is -2.49. The molecule has 4 aliphatic rings. The first-order valence-electron chi connectivity index (χ1n) is 10.4. The summed E-state index contributed by atoms with van der Waals surface area (Å²) in [4.78, 5) is 0. The molecule has 0 amide bonds. The molecule has 0 bridgehead atoms. The third-order valence-electron chi connectivity index (χ3n) is 9.01. The summed E-state index contributed by atoms with van der Waals surface area (Å²) in [7, 11) is 0. The molecule has 9 atom stereocenters. The number of hydrogen-bond acceptors (Lipinski definition) is 1. The number of aliphatic hydroxyl groups is 1. The zero-order valence-electron chi connectivity index (χ0n) is 15.3. The Kier molecular flexibility index (Phi) is 4.46. The first-order valence-corrected chi connectivity index (χ1v) is 10.4. The summed E-state index contributed by atoms with van der Waals surface area (Å²) in [6.07, 6.45) is 7.71. The van der Waals surface area contributed by atoms with E-state index in [0.717, 1.165) is 37.0 Å². The molecule has 0 aromatic carbocycles. The van der Waals surface area contributed by atoms with E-state index >= 15 is 0 Å². The number of halogens is 2. The molecular weight excluding hydrogens is 306 g/mol. The predicted octanol–water partition coefficient (Wildman–Crippen LogP) is 5.52. The summed E-state index contributed by atoms with van der Waals surface area (Å²) in [6, 6.07) is 0. The van der Waals surface area contributed by atoms with Gasteiger partial charge in [0.2, 0.25) is 6.43 Å². The van der Waals surface area contributed by atoms with Crippen LogP contribution in [-0.4, -0.2) is 17.6 Å². The van der Waals surface area contributed by atoms with Crippen molar-refractivity contribution >= 4 is 0 Å². The minimum Gasteiger partial charge on any atom is -0.393 e. The Bertz CT molecular complexity index is 465. The topological polar surface area (TPSA) is 20.2 Å². The molecule has 9 unspecified atom stereocenters. The maximum atomic E-state index is 13.1. The fourth-order valence-electron chi connectivity index (χ4n) is 7.95. The third-order valence-corrected chi connectivity index (χ3v) is 9.01. The second-order valence-electron chi connectivity index (χ2n) is 9.81. The van der Waals surface area contributed by atoms with Crippen LogP contribution in [0.25, 0.3) is 0 Å². The van der Waals surface area contributed by atoms with Crippen molar-refractivity contribution in [3.05, 3.63) is 0 Å². The lowest BCUT2D eigenvalue weighted by Gasteiger charge is -2.56. The van der Waals surface area contributed by atoms with Gasteiger partial charge in [-0.2, -0.15) is 0 Å². The van der Waals surface area contributed by atoms with Gasteiger partial charge in [0.05, 0.1) is 6.10 Å². The van der Waals surface area contributed by atoms with Crippen LogP contribution in [0.4, 0.5) is 8.78 Å². The Morgan fingerprint density at radius 2 is 1.67 bits per heavy atom. The highest BCUT2D eigenvalue weighted by Crippen LogP contribution is 2.65. The number of fused-ring (bicyclic) bond motifs is 5. The lowest BCUT2D eigenvalue weighted by atomic mass is 9.49. The standard InChI is InChI=1S/C21H34F2O/c1-12(24)18-7-8-19-17-6-3-13-11-14(20(22)23)4-5-15(13)16(17)9-10-21(18,19)2/h12-20,24H,3-11H2,1-2H3. The van der Waals surface area contributed by atoms with Gasteiger partial charge < -0.3 is 5.11 Å². The smallest absolute Gasteiger partial charge is 0.241 e. The van der Waals surface area contributed by atoms with Crippen LogP contribution in [0.3, 0.4) is 0 Å². The van der Waals surface area contributed by atoms with Crippen LogP contribution in [0.15, 0.2) is 0 Å². The molecule has 0 heterocycles. The average Bonchev–Trinajstić information content (AvgIpc) is 2.91. The first-order chi connectivity index (χ1) is 11.4. The molecule has 0 aromatic rings. The van der Waals surface area contributed by atoms with Crippen molar-refractivity contribution in [2.75, 3.05) is 0 Å². The lowest BCUT2D eigenvalue weighted by molar-refractivity contribution is -0.0905. The summed E-state index contributed by atoms with van der Waals surface area (Å²) in [6.45, 7) is 4.42. The average molecular weight is 340 g/mol. The van der Waals surface area contributed by atoms with Gasteiger partial charge in [0.1, 0.15) is 0 Å². The summed E-state index contributed by atoms with van der Waals surface area (Å²) in [5, 5.41) is 10.2. The molecule has 138 valence electrons. The number of hydrogen-bond donors (Lipinski definition) is 1. The van der Waals surface area contributed by atoms with Crippen LogP contribution in [0.2, 0.25) is 0 Å². The zero-order valence-corrected chi connectivity index (χ0v) is 15.3. The van der Waals surface area contributed by atoms with Gasteiger partial charge in [-0.15, -0.1) is 0 Å². The highest BCUT2D eigenvalue weighted by atomic mass is 19.3. The molecule has 24 heavy (non-hydrogen) atoms. The molecule has 0 aromatic heterocycles. The Balaban J connectivity index is 1.50.